The summed E-state index contributed by atoms with van der Waals surface area (Å²) in [5.41, 5.74) is 2.00. The lowest BCUT2D eigenvalue weighted by molar-refractivity contribution is -0.132. The molecule has 2 fully saturated rings. The van der Waals surface area contributed by atoms with Crippen LogP contribution in [0, 0.1) is 13.8 Å². The first-order valence-electron chi connectivity index (χ1n) is 10.5. The van der Waals surface area contributed by atoms with Crippen molar-refractivity contribution >= 4 is 11.8 Å². The lowest BCUT2D eigenvalue weighted by Gasteiger charge is -2.45. The minimum Gasteiger partial charge on any atom is -0.483 e. The number of para-hydroxylation sites is 1. The molecule has 160 valence electrons. The monoisotopic (exact) mass is 403 g/mol. The number of aryl methyl sites for hydroxylation is 2. The number of hydrogen-bond donors (Lipinski definition) is 2. The Labute approximate surface area is 173 Å². The van der Waals surface area contributed by atoms with E-state index in [-0.39, 0.29) is 30.5 Å². The van der Waals surface area contributed by atoms with E-state index in [1.807, 2.05) is 36.9 Å². The molecule has 2 amide bonds. The van der Waals surface area contributed by atoms with Gasteiger partial charge in [0, 0.05) is 39.1 Å². The smallest absolute Gasteiger partial charge is 0.258 e. The summed E-state index contributed by atoms with van der Waals surface area (Å²) >= 11 is 0. The standard InChI is InChI=1S/C22H33N3O4/c1-15-6-4-7-16(2)22(15)29-14-20(27)23-18-8-5-9-19(21(18)28)25-12-10-24(11-13-25)17(3)26/h4,6-7,18-19,21,28H,5,8-14H2,1-3H3,(H,23,27)/t18-,19-,21-/m1/s1. The Hall–Kier alpha value is -2.12. The molecule has 1 saturated heterocycles. The average molecular weight is 404 g/mol. The van der Waals surface area contributed by atoms with Gasteiger partial charge in [0.25, 0.3) is 5.91 Å². The van der Waals surface area contributed by atoms with Gasteiger partial charge in [0.1, 0.15) is 5.75 Å². The van der Waals surface area contributed by atoms with Gasteiger partial charge in [-0.05, 0) is 44.2 Å². The summed E-state index contributed by atoms with van der Waals surface area (Å²) in [6.07, 6.45) is 2.01. The van der Waals surface area contributed by atoms with Gasteiger partial charge in [-0.25, -0.2) is 0 Å². The molecule has 1 aliphatic carbocycles. The second-order valence-corrected chi connectivity index (χ2v) is 8.21. The Balaban J connectivity index is 1.52. The van der Waals surface area contributed by atoms with E-state index in [4.69, 9.17) is 4.74 Å². The van der Waals surface area contributed by atoms with Crippen molar-refractivity contribution in [2.75, 3.05) is 32.8 Å². The van der Waals surface area contributed by atoms with Crippen LogP contribution in [0.15, 0.2) is 18.2 Å². The van der Waals surface area contributed by atoms with Crippen LogP contribution in [0.4, 0.5) is 0 Å². The van der Waals surface area contributed by atoms with E-state index in [1.165, 1.54) is 0 Å². The van der Waals surface area contributed by atoms with Crippen molar-refractivity contribution in [1.29, 1.82) is 0 Å². The molecule has 2 N–H and O–H groups in total. The van der Waals surface area contributed by atoms with E-state index in [0.29, 0.717) is 13.1 Å². The molecule has 1 aliphatic heterocycles. The van der Waals surface area contributed by atoms with Gasteiger partial charge in [0.2, 0.25) is 5.91 Å². The van der Waals surface area contributed by atoms with Gasteiger partial charge < -0.3 is 20.1 Å². The number of piperazine rings is 1. The van der Waals surface area contributed by atoms with Crippen LogP contribution in [0.2, 0.25) is 0 Å². The Morgan fingerprint density at radius 2 is 1.79 bits per heavy atom. The zero-order valence-electron chi connectivity index (χ0n) is 17.7. The van der Waals surface area contributed by atoms with Crippen molar-refractivity contribution in [2.45, 2.75) is 58.2 Å². The van der Waals surface area contributed by atoms with Gasteiger partial charge in [0.15, 0.2) is 6.61 Å². The Morgan fingerprint density at radius 3 is 2.41 bits per heavy atom. The molecule has 2 aliphatic rings. The van der Waals surface area contributed by atoms with Gasteiger partial charge >= 0.3 is 0 Å². The van der Waals surface area contributed by atoms with Crippen LogP contribution in [-0.4, -0.2) is 77.7 Å². The molecule has 29 heavy (non-hydrogen) atoms. The Morgan fingerprint density at radius 1 is 1.14 bits per heavy atom. The molecule has 1 saturated carbocycles. The number of carbonyl (C=O) groups excluding carboxylic acids is 2. The predicted octanol–water partition coefficient (Wildman–Crippen LogP) is 1.24. The quantitative estimate of drug-likeness (QED) is 0.773. The first-order chi connectivity index (χ1) is 13.9. The largest absolute Gasteiger partial charge is 0.483 e. The molecule has 3 atom stereocenters. The highest BCUT2D eigenvalue weighted by Gasteiger charge is 2.37. The third-order valence-electron chi connectivity index (χ3n) is 6.15. The highest BCUT2D eigenvalue weighted by molar-refractivity contribution is 5.78. The maximum atomic E-state index is 12.4. The van der Waals surface area contributed by atoms with Crippen molar-refractivity contribution in [3.8, 4) is 5.75 Å². The third-order valence-corrected chi connectivity index (χ3v) is 6.15. The van der Waals surface area contributed by atoms with Crippen molar-refractivity contribution in [3.63, 3.8) is 0 Å². The summed E-state index contributed by atoms with van der Waals surface area (Å²) in [6, 6.07) is 5.63. The van der Waals surface area contributed by atoms with Crippen LogP contribution in [-0.2, 0) is 9.59 Å². The Bertz CT molecular complexity index is 711. The van der Waals surface area contributed by atoms with E-state index in [2.05, 4.69) is 10.2 Å². The van der Waals surface area contributed by atoms with Crippen LogP contribution in [0.5, 0.6) is 5.75 Å². The van der Waals surface area contributed by atoms with Crippen molar-refractivity contribution in [2.24, 2.45) is 0 Å². The number of ether oxygens (including phenoxy) is 1. The zero-order valence-corrected chi connectivity index (χ0v) is 17.7. The number of nitrogens with zero attached hydrogens (tertiary/aromatic N) is 2. The van der Waals surface area contributed by atoms with Crippen LogP contribution < -0.4 is 10.1 Å². The molecule has 0 spiro atoms. The van der Waals surface area contributed by atoms with Crippen molar-refractivity contribution < 1.29 is 19.4 Å². The van der Waals surface area contributed by atoms with Crippen LogP contribution in [0.3, 0.4) is 0 Å². The van der Waals surface area contributed by atoms with Crippen LogP contribution in [0.1, 0.15) is 37.3 Å². The fourth-order valence-electron chi connectivity index (χ4n) is 4.49. The summed E-state index contributed by atoms with van der Waals surface area (Å²) in [5, 5.41) is 13.9. The molecule has 1 aromatic carbocycles. The SMILES string of the molecule is CC(=O)N1CCN([C@@H]2CCC[C@@H](NC(=O)COc3c(C)cccc3C)[C@H]2O)CC1. The number of nitrogens with one attached hydrogen (secondary N) is 1. The number of rotatable bonds is 5. The number of aliphatic hydroxyl groups excluding tert-OH is 1. The van der Waals surface area contributed by atoms with Gasteiger partial charge in [-0.15, -0.1) is 0 Å². The maximum absolute atomic E-state index is 12.4. The molecular formula is C22H33N3O4. The number of hydrogen-bond acceptors (Lipinski definition) is 5. The molecule has 1 heterocycles. The molecule has 0 unspecified atom stereocenters. The normalized spacial score (nSPS) is 25.5. The topological polar surface area (TPSA) is 82.1 Å². The molecule has 0 bridgehead atoms. The maximum Gasteiger partial charge on any atom is 0.258 e. The highest BCUT2D eigenvalue weighted by Crippen LogP contribution is 2.25. The number of carbonyl (C=O) groups is 2. The fraction of sp³-hybridized carbons (Fsp3) is 0.636. The summed E-state index contributed by atoms with van der Waals surface area (Å²) in [5.74, 6) is 0.634. The first-order valence-corrected chi connectivity index (χ1v) is 10.5. The third kappa shape index (κ3) is 5.28. The lowest BCUT2D eigenvalue weighted by Crippen LogP contribution is -2.60. The zero-order chi connectivity index (χ0) is 21.0. The van der Waals surface area contributed by atoms with Crippen molar-refractivity contribution in [1.82, 2.24) is 15.1 Å². The summed E-state index contributed by atoms with van der Waals surface area (Å²) in [6.45, 7) is 8.37. The summed E-state index contributed by atoms with van der Waals surface area (Å²) in [4.78, 5) is 28.1. The average Bonchev–Trinajstić information content (AvgIpc) is 2.69. The molecular weight excluding hydrogens is 370 g/mol. The lowest BCUT2D eigenvalue weighted by atomic mass is 9.86. The number of amides is 2. The molecule has 7 heteroatoms. The minimum absolute atomic E-state index is 0.0164. The predicted molar refractivity (Wildman–Crippen MR) is 111 cm³/mol. The molecule has 1 aromatic rings. The molecule has 0 radical (unpaired) electrons. The fourth-order valence-corrected chi connectivity index (χ4v) is 4.49. The Kier molecular flexibility index (Phi) is 7.14. The molecule has 0 aromatic heterocycles. The summed E-state index contributed by atoms with van der Waals surface area (Å²) < 4.78 is 5.74. The molecule has 7 nitrogen and oxygen atoms in total. The van der Waals surface area contributed by atoms with Crippen molar-refractivity contribution in [3.05, 3.63) is 29.3 Å². The highest BCUT2D eigenvalue weighted by atomic mass is 16.5. The number of benzene rings is 1. The minimum atomic E-state index is -0.614. The first kappa shape index (κ1) is 21.6. The van der Waals surface area contributed by atoms with E-state index >= 15 is 0 Å². The molecule has 3 rings (SSSR count). The van der Waals surface area contributed by atoms with Gasteiger partial charge in [-0.2, -0.15) is 0 Å². The number of aliphatic hydroxyl groups is 1. The van der Waals surface area contributed by atoms with Gasteiger partial charge in [0.05, 0.1) is 12.1 Å². The van der Waals surface area contributed by atoms with Crippen LogP contribution in [0.25, 0.3) is 0 Å². The van der Waals surface area contributed by atoms with Gasteiger partial charge in [-0.3, -0.25) is 14.5 Å². The van der Waals surface area contributed by atoms with Crippen LogP contribution >= 0.6 is 0 Å². The van der Waals surface area contributed by atoms with Gasteiger partial charge in [-0.1, -0.05) is 18.2 Å². The van der Waals surface area contributed by atoms with E-state index in [0.717, 1.165) is 49.2 Å². The second kappa shape index (κ2) is 9.59. The van der Waals surface area contributed by atoms with E-state index in [9.17, 15) is 14.7 Å². The van der Waals surface area contributed by atoms with E-state index in [1.54, 1.807) is 6.92 Å². The van der Waals surface area contributed by atoms with E-state index < -0.39 is 6.10 Å². The summed E-state index contributed by atoms with van der Waals surface area (Å²) in [7, 11) is 0. The second-order valence-electron chi connectivity index (χ2n) is 8.21.